The number of hydrogen-bond donors (Lipinski definition) is 2. The summed E-state index contributed by atoms with van der Waals surface area (Å²) in [6.07, 6.45) is -0.365. The lowest BCUT2D eigenvalue weighted by Gasteiger charge is -2.13. The minimum Gasteiger partial charge on any atom is -0.384 e. The highest BCUT2D eigenvalue weighted by Crippen LogP contribution is 2.17. The van der Waals surface area contributed by atoms with E-state index in [4.69, 9.17) is 20.6 Å². The molecular weight excluding hydrogens is 180 g/mol. The fourth-order valence-corrected chi connectivity index (χ4v) is 1.19. The highest BCUT2D eigenvalue weighted by Gasteiger charge is 2.08. The molecule has 3 N–H and O–H groups in total. The molecule has 0 atom stereocenters. The molecule has 76 valence electrons. The number of amidine groups is 1. The maximum atomic E-state index is 7.22. The monoisotopic (exact) mass is 194 g/mol. The zero-order chi connectivity index (χ0) is 10.6. The van der Waals surface area contributed by atoms with E-state index in [1.807, 2.05) is 12.1 Å². The lowest BCUT2D eigenvalue weighted by molar-refractivity contribution is -0.106. The first-order chi connectivity index (χ1) is 6.69. The zero-order valence-corrected chi connectivity index (χ0v) is 8.28. The zero-order valence-electron chi connectivity index (χ0n) is 8.28. The molecule has 1 aromatic carbocycles. The van der Waals surface area contributed by atoms with Gasteiger partial charge in [-0.3, -0.25) is 5.41 Å². The van der Waals surface area contributed by atoms with Crippen molar-refractivity contribution in [3.05, 3.63) is 35.4 Å². The van der Waals surface area contributed by atoms with Crippen molar-refractivity contribution in [2.45, 2.75) is 6.29 Å². The van der Waals surface area contributed by atoms with Gasteiger partial charge in [0.15, 0.2) is 6.29 Å². The third-order valence-corrected chi connectivity index (χ3v) is 1.92. The van der Waals surface area contributed by atoms with Gasteiger partial charge in [-0.1, -0.05) is 24.3 Å². The van der Waals surface area contributed by atoms with E-state index in [1.165, 1.54) is 0 Å². The van der Waals surface area contributed by atoms with Gasteiger partial charge in [0.25, 0.3) is 0 Å². The minimum absolute atomic E-state index is 0.0583. The third-order valence-electron chi connectivity index (χ3n) is 1.92. The van der Waals surface area contributed by atoms with Gasteiger partial charge in [0, 0.05) is 25.3 Å². The highest BCUT2D eigenvalue weighted by molar-refractivity contribution is 5.94. The van der Waals surface area contributed by atoms with Gasteiger partial charge in [-0.15, -0.1) is 0 Å². The van der Waals surface area contributed by atoms with Gasteiger partial charge < -0.3 is 15.2 Å². The van der Waals surface area contributed by atoms with E-state index in [2.05, 4.69) is 0 Å². The molecule has 0 heterocycles. The summed E-state index contributed by atoms with van der Waals surface area (Å²) >= 11 is 0. The number of hydrogen-bond acceptors (Lipinski definition) is 3. The van der Waals surface area contributed by atoms with Crippen LogP contribution in [0.15, 0.2) is 24.3 Å². The van der Waals surface area contributed by atoms with Crippen molar-refractivity contribution >= 4 is 5.84 Å². The van der Waals surface area contributed by atoms with Crippen LogP contribution in [0.4, 0.5) is 0 Å². The fourth-order valence-electron chi connectivity index (χ4n) is 1.19. The van der Waals surface area contributed by atoms with E-state index in [-0.39, 0.29) is 12.1 Å². The Hall–Kier alpha value is -1.39. The maximum absolute atomic E-state index is 7.22. The van der Waals surface area contributed by atoms with Crippen LogP contribution in [0.1, 0.15) is 17.4 Å². The summed E-state index contributed by atoms with van der Waals surface area (Å²) in [6.45, 7) is 0. The first-order valence-corrected chi connectivity index (χ1v) is 4.19. The molecule has 0 aliphatic heterocycles. The summed E-state index contributed by atoms with van der Waals surface area (Å²) in [5, 5.41) is 7.22. The Morgan fingerprint density at radius 3 is 2.07 bits per heavy atom. The molecule has 0 amide bonds. The molecule has 14 heavy (non-hydrogen) atoms. The van der Waals surface area contributed by atoms with Crippen molar-refractivity contribution in [2.24, 2.45) is 5.73 Å². The first-order valence-electron chi connectivity index (χ1n) is 4.19. The number of ether oxygens (including phenoxy) is 2. The predicted molar refractivity (Wildman–Crippen MR) is 54.2 cm³/mol. The maximum Gasteiger partial charge on any atom is 0.183 e. The SMILES string of the molecule is COC(OC)c1ccc(C(=N)N)cc1. The van der Waals surface area contributed by atoms with Crippen LogP contribution in [0.5, 0.6) is 0 Å². The van der Waals surface area contributed by atoms with Crippen molar-refractivity contribution in [2.75, 3.05) is 14.2 Å². The smallest absolute Gasteiger partial charge is 0.183 e. The standard InChI is InChI=1S/C10H14N2O2/c1-13-10(14-2)8-5-3-7(4-6-8)9(11)12/h3-6,10H,1-2H3,(H3,11,12). The van der Waals surface area contributed by atoms with Crippen LogP contribution in [0, 0.1) is 5.41 Å². The Morgan fingerprint density at radius 1 is 1.21 bits per heavy atom. The third kappa shape index (κ3) is 2.31. The molecule has 4 nitrogen and oxygen atoms in total. The summed E-state index contributed by atoms with van der Waals surface area (Å²) in [6, 6.07) is 7.19. The molecule has 1 rings (SSSR count). The quantitative estimate of drug-likeness (QED) is 0.430. The highest BCUT2D eigenvalue weighted by atomic mass is 16.7. The molecule has 4 heteroatoms. The van der Waals surface area contributed by atoms with Crippen molar-refractivity contribution in [1.82, 2.24) is 0 Å². The molecule has 0 saturated carbocycles. The van der Waals surface area contributed by atoms with Crippen LogP contribution in [0.2, 0.25) is 0 Å². The number of rotatable bonds is 4. The molecule has 0 fully saturated rings. The van der Waals surface area contributed by atoms with Crippen LogP contribution in [0.25, 0.3) is 0 Å². The second kappa shape index (κ2) is 4.74. The van der Waals surface area contributed by atoms with Crippen LogP contribution in [0.3, 0.4) is 0 Å². The number of benzene rings is 1. The number of nitrogen functional groups attached to an aromatic ring is 1. The Balaban J connectivity index is 2.87. The van der Waals surface area contributed by atoms with E-state index in [9.17, 15) is 0 Å². The molecule has 0 aliphatic rings. The normalized spacial score (nSPS) is 10.5. The fraction of sp³-hybridized carbons (Fsp3) is 0.300. The minimum atomic E-state index is -0.365. The summed E-state index contributed by atoms with van der Waals surface area (Å²) < 4.78 is 10.2. The second-order valence-electron chi connectivity index (χ2n) is 2.84. The average molecular weight is 194 g/mol. The van der Waals surface area contributed by atoms with Crippen LogP contribution in [-0.2, 0) is 9.47 Å². The molecule has 1 aromatic rings. The summed E-state index contributed by atoms with van der Waals surface area (Å²) in [5.41, 5.74) is 6.92. The van der Waals surface area contributed by atoms with Gasteiger partial charge in [-0.05, 0) is 0 Å². The molecular formula is C10H14N2O2. The molecule has 0 saturated heterocycles. The molecule has 0 unspecified atom stereocenters. The average Bonchev–Trinajstić information content (AvgIpc) is 2.20. The van der Waals surface area contributed by atoms with E-state index >= 15 is 0 Å². The Kier molecular flexibility index (Phi) is 3.62. The molecule has 0 radical (unpaired) electrons. The lowest BCUT2D eigenvalue weighted by atomic mass is 10.1. The van der Waals surface area contributed by atoms with Gasteiger partial charge in [-0.25, -0.2) is 0 Å². The first kappa shape index (κ1) is 10.7. The summed E-state index contributed by atoms with van der Waals surface area (Å²) in [5.74, 6) is 0.0583. The number of nitrogens with one attached hydrogen (secondary N) is 1. The van der Waals surface area contributed by atoms with Crippen LogP contribution < -0.4 is 5.73 Å². The Morgan fingerprint density at radius 2 is 1.71 bits per heavy atom. The molecule has 0 spiro atoms. The van der Waals surface area contributed by atoms with Crippen molar-refractivity contribution in [3.63, 3.8) is 0 Å². The van der Waals surface area contributed by atoms with E-state index in [1.54, 1.807) is 26.4 Å². The van der Waals surface area contributed by atoms with Gasteiger partial charge in [0.1, 0.15) is 5.84 Å². The Bertz CT molecular complexity index is 304. The van der Waals surface area contributed by atoms with Gasteiger partial charge >= 0.3 is 0 Å². The molecule has 0 aromatic heterocycles. The number of nitrogens with two attached hydrogens (primary N) is 1. The predicted octanol–water partition coefficient (Wildman–Crippen LogP) is 1.26. The van der Waals surface area contributed by atoms with Crippen LogP contribution in [-0.4, -0.2) is 20.1 Å². The summed E-state index contributed by atoms with van der Waals surface area (Å²) in [7, 11) is 3.15. The second-order valence-corrected chi connectivity index (χ2v) is 2.84. The Labute approximate surface area is 83.1 Å². The summed E-state index contributed by atoms with van der Waals surface area (Å²) in [4.78, 5) is 0. The topological polar surface area (TPSA) is 68.3 Å². The van der Waals surface area contributed by atoms with E-state index in [0.717, 1.165) is 5.56 Å². The van der Waals surface area contributed by atoms with Gasteiger partial charge in [0.05, 0.1) is 0 Å². The molecule has 0 bridgehead atoms. The lowest BCUT2D eigenvalue weighted by Crippen LogP contribution is -2.11. The van der Waals surface area contributed by atoms with Gasteiger partial charge in [0.2, 0.25) is 0 Å². The number of methoxy groups -OCH3 is 2. The van der Waals surface area contributed by atoms with Crippen molar-refractivity contribution in [3.8, 4) is 0 Å². The largest absolute Gasteiger partial charge is 0.384 e. The van der Waals surface area contributed by atoms with Crippen molar-refractivity contribution in [1.29, 1.82) is 5.41 Å². The van der Waals surface area contributed by atoms with Gasteiger partial charge in [-0.2, -0.15) is 0 Å². The van der Waals surface area contributed by atoms with Crippen molar-refractivity contribution < 1.29 is 9.47 Å². The van der Waals surface area contributed by atoms with E-state index in [0.29, 0.717) is 5.56 Å². The van der Waals surface area contributed by atoms with Crippen LogP contribution >= 0.6 is 0 Å². The van der Waals surface area contributed by atoms with E-state index < -0.39 is 0 Å². The molecule has 0 aliphatic carbocycles.